The van der Waals surface area contributed by atoms with Gasteiger partial charge >= 0.3 is 0 Å². The van der Waals surface area contributed by atoms with Crippen molar-refractivity contribution in [2.24, 2.45) is 0 Å². The second kappa shape index (κ2) is 8.50. The third-order valence-corrected chi connectivity index (χ3v) is 5.49. The zero-order valence-corrected chi connectivity index (χ0v) is 17.7. The van der Waals surface area contributed by atoms with Gasteiger partial charge in [0.25, 0.3) is 5.91 Å². The van der Waals surface area contributed by atoms with Gasteiger partial charge in [-0.1, -0.05) is 23.4 Å². The lowest BCUT2D eigenvalue weighted by atomic mass is 10.2. The molecule has 0 fully saturated rings. The molecular formula is C21H21N5O3S. The van der Waals surface area contributed by atoms with E-state index in [1.807, 2.05) is 54.2 Å². The van der Waals surface area contributed by atoms with Gasteiger partial charge in [0.05, 0.1) is 17.5 Å². The molecule has 1 N–H and O–H groups in total. The first kappa shape index (κ1) is 19.8. The van der Waals surface area contributed by atoms with Crippen molar-refractivity contribution in [3.8, 4) is 17.0 Å². The molecule has 9 heteroatoms. The summed E-state index contributed by atoms with van der Waals surface area (Å²) in [5.74, 6) is 0.857. The molecule has 0 radical (unpaired) electrons. The minimum Gasteiger partial charge on any atom is -0.489 e. The molecule has 3 heterocycles. The van der Waals surface area contributed by atoms with Crippen LogP contribution in [0.2, 0.25) is 0 Å². The second-order valence-electron chi connectivity index (χ2n) is 6.62. The van der Waals surface area contributed by atoms with E-state index in [1.54, 1.807) is 13.1 Å². The third-order valence-electron chi connectivity index (χ3n) is 4.73. The summed E-state index contributed by atoms with van der Waals surface area (Å²) in [5.41, 5.74) is 3.55. The maximum Gasteiger partial charge on any atom is 0.280 e. The number of ether oxygens (including phenoxy) is 1. The summed E-state index contributed by atoms with van der Waals surface area (Å²) in [7, 11) is 0. The molecule has 4 aromatic rings. The highest BCUT2D eigenvalue weighted by atomic mass is 32.1. The molecule has 0 spiro atoms. The van der Waals surface area contributed by atoms with E-state index < -0.39 is 0 Å². The molecule has 154 valence electrons. The van der Waals surface area contributed by atoms with Crippen LogP contribution in [-0.2, 0) is 13.2 Å². The molecule has 0 saturated heterocycles. The zero-order chi connectivity index (χ0) is 21.1. The lowest BCUT2D eigenvalue weighted by molar-refractivity contribution is 0.101. The number of hydrogen-bond acceptors (Lipinski definition) is 7. The fourth-order valence-electron chi connectivity index (χ4n) is 3.04. The molecule has 0 aliphatic rings. The van der Waals surface area contributed by atoms with E-state index >= 15 is 0 Å². The molecule has 1 aromatic carbocycles. The quantitative estimate of drug-likeness (QED) is 0.471. The number of thiazole rings is 1. The fraction of sp³-hybridized carbons (Fsp3) is 0.238. The van der Waals surface area contributed by atoms with Crippen LogP contribution >= 0.6 is 11.3 Å². The molecule has 4 rings (SSSR count). The Bertz CT molecular complexity index is 1160. The maximum absolute atomic E-state index is 12.8. The summed E-state index contributed by atoms with van der Waals surface area (Å²) >= 11 is 1.35. The molecule has 0 atom stereocenters. The second-order valence-corrected chi connectivity index (χ2v) is 7.48. The first-order chi connectivity index (χ1) is 14.6. The summed E-state index contributed by atoms with van der Waals surface area (Å²) < 4.78 is 12.9. The summed E-state index contributed by atoms with van der Waals surface area (Å²) in [6.45, 7) is 6.76. The number of nitrogens with zero attached hydrogens (tertiary/aromatic N) is 4. The summed E-state index contributed by atoms with van der Waals surface area (Å²) in [4.78, 5) is 17.3. The van der Waals surface area contributed by atoms with Gasteiger partial charge in [-0.15, -0.1) is 11.3 Å². The van der Waals surface area contributed by atoms with Crippen LogP contribution in [-0.4, -0.2) is 25.8 Å². The molecule has 3 aromatic heterocycles. The smallest absolute Gasteiger partial charge is 0.280 e. The Balaban J connectivity index is 1.48. The van der Waals surface area contributed by atoms with Gasteiger partial charge in [0.15, 0.2) is 10.8 Å². The predicted octanol–water partition coefficient (Wildman–Crippen LogP) is 4.46. The average molecular weight is 423 g/mol. The van der Waals surface area contributed by atoms with Crippen LogP contribution in [0.15, 0.2) is 46.4 Å². The zero-order valence-electron chi connectivity index (χ0n) is 16.9. The number of hydrogen-bond donors (Lipinski definition) is 1. The maximum atomic E-state index is 12.8. The van der Waals surface area contributed by atoms with Crippen molar-refractivity contribution in [1.29, 1.82) is 0 Å². The molecule has 0 saturated carbocycles. The van der Waals surface area contributed by atoms with Crippen LogP contribution in [0.4, 0.5) is 5.13 Å². The Labute approximate surface area is 177 Å². The Morgan fingerprint density at radius 3 is 2.80 bits per heavy atom. The van der Waals surface area contributed by atoms with Gasteiger partial charge in [-0.25, -0.2) is 4.98 Å². The number of para-hydroxylation sites is 1. The largest absolute Gasteiger partial charge is 0.489 e. The van der Waals surface area contributed by atoms with Crippen molar-refractivity contribution < 1.29 is 14.1 Å². The molecule has 1 amide bonds. The van der Waals surface area contributed by atoms with Crippen molar-refractivity contribution in [1.82, 2.24) is 19.9 Å². The summed E-state index contributed by atoms with van der Waals surface area (Å²) in [5, 5.41) is 13.4. The van der Waals surface area contributed by atoms with Crippen LogP contribution in [0.3, 0.4) is 0 Å². The van der Waals surface area contributed by atoms with Gasteiger partial charge in [-0.2, -0.15) is 5.10 Å². The van der Waals surface area contributed by atoms with Gasteiger partial charge in [-0.05, 0) is 32.9 Å². The number of nitrogens with one attached hydrogen (secondary N) is 1. The van der Waals surface area contributed by atoms with Crippen molar-refractivity contribution in [3.05, 3.63) is 64.6 Å². The fourth-order valence-corrected chi connectivity index (χ4v) is 3.75. The number of amides is 1. The molecule has 30 heavy (non-hydrogen) atoms. The number of anilines is 1. The number of carbonyl (C=O) groups is 1. The normalized spacial score (nSPS) is 10.9. The summed E-state index contributed by atoms with van der Waals surface area (Å²) in [6.07, 6.45) is 1.79. The topological polar surface area (TPSA) is 95.1 Å². The van der Waals surface area contributed by atoms with Crippen molar-refractivity contribution in [2.45, 2.75) is 33.9 Å². The van der Waals surface area contributed by atoms with Crippen molar-refractivity contribution >= 4 is 22.4 Å². The van der Waals surface area contributed by atoms with E-state index in [0.717, 1.165) is 23.5 Å². The van der Waals surface area contributed by atoms with Crippen molar-refractivity contribution in [2.75, 3.05) is 5.32 Å². The number of aromatic nitrogens is 4. The predicted molar refractivity (Wildman–Crippen MR) is 114 cm³/mol. The van der Waals surface area contributed by atoms with Crippen LogP contribution in [0.25, 0.3) is 11.3 Å². The van der Waals surface area contributed by atoms with Crippen LogP contribution in [0.5, 0.6) is 5.75 Å². The minimum atomic E-state index is -0.389. The van der Waals surface area contributed by atoms with E-state index in [-0.39, 0.29) is 18.2 Å². The Morgan fingerprint density at radius 1 is 1.27 bits per heavy atom. The first-order valence-corrected chi connectivity index (χ1v) is 10.4. The Kier molecular flexibility index (Phi) is 5.62. The van der Waals surface area contributed by atoms with Gasteiger partial charge in [0.2, 0.25) is 0 Å². The van der Waals surface area contributed by atoms with E-state index in [2.05, 4.69) is 20.6 Å². The number of benzene rings is 1. The molecule has 8 nitrogen and oxygen atoms in total. The monoisotopic (exact) mass is 423 g/mol. The lowest BCUT2D eigenvalue weighted by Crippen LogP contribution is -2.15. The van der Waals surface area contributed by atoms with Crippen LogP contribution < -0.4 is 10.1 Å². The van der Waals surface area contributed by atoms with Crippen LogP contribution in [0.1, 0.15) is 34.4 Å². The van der Waals surface area contributed by atoms with Gasteiger partial charge in [0.1, 0.15) is 18.1 Å². The Morgan fingerprint density at radius 2 is 2.07 bits per heavy atom. The van der Waals surface area contributed by atoms with E-state index in [1.165, 1.54) is 11.3 Å². The SMILES string of the molecule is CCn1ncc(-c2csc(NC(=O)c3noc(C)c3COc3ccccc3)n2)c1C. The highest BCUT2D eigenvalue weighted by molar-refractivity contribution is 7.14. The van der Waals surface area contributed by atoms with Crippen molar-refractivity contribution in [3.63, 3.8) is 0 Å². The molecular weight excluding hydrogens is 402 g/mol. The third kappa shape index (κ3) is 3.97. The highest BCUT2D eigenvalue weighted by Gasteiger charge is 2.22. The van der Waals surface area contributed by atoms with E-state index in [4.69, 9.17) is 9.26 Å². The highest BCUT2D eigenvalue weighted by Crippen LogP contribution is 2.28. The minimum absolute atomic E-state index is 0.181. The summed E-state index contributed by atoms with van der Waals surface area (Å²) in [6, 6.07) is 9.38. The molecule has 0 unspecified atom stereocenters. The van der Waals surface area contributed by atoms with Gasteiger partial charge in [0, 0.05) is 23.2 Å². The number of aryl methyl sites for hydroxylation is 2. The first-order valence-electron chi connectivity index (χ1n) is 9.49. The standard InChI is InChI=1S/C21H21N5O3S/c1-4-26-13(2)16(10-22-26)18-12-30-21(23-18)24-20(27)19-17(14(3)29-25-19)11-28-15-8-6-5-7-9-15/h5-10,12H,4,11H2,1-3H3,(H,23,24,27). The Hall–Kier alpha value is -3.46. The molecule has 0 aliphatic heterocycles. The average Bonchev–Trinajstić information content (AvgIpc) is 3.46. The number of rotatable bonds is 7. The molecule has 0 bridgehead atoms. The van der Waals surface area contributed by atoms with E-state index in [0.29, 0.717) is 22.2 Å². The number of carbonyl (C=O) groups excluding carboxylic acids is 1. The molecule has 0 aliphatic carbocycles. The van der Waals surface area contributed by atoms with E-state index in [9.17, 15) is 4.79 Å². The van der Waals surface area contributed by atoms with Gasteiger partial charge < -0.3 is 9.26 Å². The van der Waals surface area contributed by atoms with Gasteiger partial charge in [-0.3, -0.25) is 14.8 Å². The lowest BCUT2D eigenvalue weighted by Gasteiger charge is -2.06. The van der Waals surface area contributed by atoms with Crippen LogP contribution in [0, 0.1) is 13.8 Å².